The summed E-state index contributed by atoms with van der Waals surface area (Å²) in [7, 11) is 0. The van der Waals surface area contributed by atoms with Gasteiger partial charge in [0.15, 0.2) is 0 Å². The summed E-state index contributed by atoms with van der Waals surface area (Å²) in [4.78, 5) is 23.1. The van der Waals surface area contributed by atoms with E-state index in [1.165, 1.54) is 27.7 Å². The minimum Gasteiger partial charge on any atom is -0.419 e. The highest BCUT2D eigenvalue weighted by atomic mass is 16.7. The molecule has 6 heteroatoms. The number of carbonyl (C=O) groups excluding carboxylic acids is 2. The average Bonchev–Trinajstić information content (AvgIpc) is 2.25. The van der Waals surface area contributed by atoms with Crippen LogP contribution in [0.5, 0.6) is 0 Å². The van der Waals surface area contributed by atoms with Gasteiger partial charge in [-0.3, -0.25) is 0 Å². The van der Waals surface area contributed by atoms with Crippen LogP contribution >= 0.6 is 0 Å². The molecule has 2 unspecified atom stereocenters. The monoisotopic (exact) mass is 286 g/mol. The van der Waals surface area contributed by atoms with Crippen LogP contribution in [0.1, 0.15) is 34.1 Å². The fourth-order valence-electron chi connectivity index (χ4n) is 1.37. The highest BCUT2D eigenvalue weighted by Gasteiger charge is 2.39. The molecule has 2 atom stereocenters. The van der Waals surface area contributed by atoms with Gasteiger partial charge in [0.25, 0.3) is 6.29 Å². The Kier molecular flexibility index (Phi) is 6.61. The number of aliphatic hydroxyl groups is 2. The number of ether oxygens (including phenoxy) is 2. The lowest BCUT2D eigenvalue weighted by Gasteiger charge is -2.32. The average molecular weight is 286 g/mol. The maximum Gasteiger partial charge on any atom is 0.336 e. The molecule has 0 amide bonds. The van der Waals surface area contributed by atoms with Crippen LogP contribution in [0.25, 0.3) is 0 Å². The molecule has 6 nitrogen and oxygen atoms in total. The van der Waals surface area contributed by atoms with Crippen LogP contribution in [0.3, 0.4) is 0 Å². The van der Waals surface area contributed by atoms with Gasteiger partial charge in [0.05, 0.1) is 6.10 Å². The van der Waals surface area contributed by atoms with Crippen molar-refractivity contribution in [2.45, 2.75) is 52.1 Å². The fourth-order valence-corrected chi connectivity index (χ4v) is 1.37. The molecule has 0 saturated carbocycles. The minimum absolute atomic E-state index is 0.0919. The topological polar surface area (TPSA) is 93.1 Å². The van der Waals surface area contributed by atoms with Gasteiger partial charge in [-0.05, 0) is 27.7 Å². The fraction of sp³-hybridized carbons (Fsp3) is 0.571. The van der Waals surface area contributed by atoms with E-state index < -0.39 is 29.9 Å². The first-order chi connectivity index (χ1) is 8.97. The quantitative estimate of drug-likeness (QED) is 0.413. The second-order valence-corrected chi connectivity index (χ2v) is 5.11. The van der Waals surface area contributed by atoms with Gasteiger partial charge >= 0.3 is 11.9 Å². The normalized spacial score (nSPS) is 15.2. The Balaban J connectivity index is 5.14. The Labute approximate surface area is 118 Å². The number of rotatable bonds is 7. The van der Waals surface area contributed by atoms with Gasteiger partial charge in [0.1, 0.15) is 5.60 Å². The van der Waals surface area contributed by atoms with Gasteiger partial charge in [-0.15, -0.1) is 0 Å². The number of hydrogen-bond donors (Lipinski definition) is 2. The molecule has 0 aromatic heterocycles. The summed E-state index contributed by atoms with van der Waals surface area (Å²) in [6.45, 7) is 12.4. The van der Waals surface area contributed by atoms with Crippen molar-refractivity contribution in [3.05, 3.63) is 24.3 Å². The Morgan fingerprint density at radius 2 is 1.50 bits per heavy atom. The summed E-state index contributed by atoms with van der Waals surface area (Å²) >= 11 is 0. The third-order valence-corrected chi connectivity index (χ3v) is 2.34. The van der Waals surface area contributed by atoms with E-state index in [1.54, 1.807) is 0 Å². The molecular formula is C14H22O6. The van der Waals surface area contributed by atoms with Gasteiger partial charge in [0, 0.05) is 17.6 Å². The first kappa shape index (κ1) is 18.3. The third kappa shape index (κ3) is 5.99. The van der Waals surface area contributed by atoms with Crippen molar-refractivity contribution >= 4 is 11.9 Å². The summed E-state index contributed by atoms with van der Waals surface area (Å²) in [5, 5.41) is 19.6. The summed E-state index contributed by atoms with van der Waals surface area (Å²) in [6.07, 6.45) is -2.59. The van der Waals surface area contributed by atoms with Crippen molar-refractivity contribution < 1.29 is 29.3 Å². The molecule has 0 spiro atoms. The Bertz CT molecular complexity index is 380. The molecule has 0 rings (SSSR count). The van der Waals surface area contributed by atoms with E-state index in [0.717, 1.165) is 0 Å². The van der Waals surface area contributed by atoms with E-state index in [4.69, 9.17) is 9.47 Å². The van der Waals surface area contributed by atoms with Crippen LogP contribution in [-0.2, 0) is 19.1 Å². The van der Waals surface area contributed by atoms with Crippen molar-refractivity contribution in [1.29, 1.82) is 0 Å². The van der Waals surface area contributed by atoms with E-state index in [9.17, 15) is 19.8 Å². The van der Waals surface area contributed by atoms with Gasteiger partial charge in [-0.25, -0.2) is 9.59 Å². The second kappa shape index (κ2) is 7.21. The summed E-state index contributed by atoms with van der Waals surface area (Å²) in [5.41, 5.74) is -1.56. The van der Waals surface area contributed by atoms with E-state index in [-0.39, 0.29) is 17.6 Å². The predicted octanol–water partition coefficient (Wildman–Crippen LogP) is 1.07. The molecule has 0 bridgehead atoms. The van der Waals surface area contributed by atoms with Gasteiger partial charge in [-0.1, -0.05) is 13.2 Å². The summed E-state index contributed by atoms with van der Waals surface area (Å²) in [5.74, 6) is -1.62. The first-order valence-corrected chi connectivity index (χ1v) is 6.10. The van der Waals surface area contributed by atoms with Crippen LogP contribution in [0.15, 0.2) is 24.3 Å². The maximum atomic E-state index is 11.5. The molecule has 114 valence electrons. The van der Waals surface area contributed by atoms with Gasteiger partial charge in [-0.2, -0.15) is 0 Å². The van der Waals surface area contributed by atoms with E-state index >= 15 is 0 Å². The molecule has 0 radical (unpaired) electrons. The number of hydrogen-bond acceptors (Lipinski definition) is 6. The van der Waals surface area contributed by atoms with Crippen molar-refractivity contribution in [1.82, 2.24) is 0 Å². The first-order valence-electron chi connectivity index (χ1n) is 6.10. The molecular weight excluding hydrogens is 264 g/mol. The predicted molar refractivity (Wildman–Crippen MR) is 72.5 cm³/mol. The number of carbonyl (C=O) groups is 2. The molecule has 20 heavy (non-hydrogen) atoms. The molecule has 0 heterocycles. The molecule has 0 aromatic rings. The lowest BCUT2D eigenvalue weighted by atomic mass is 9.98. The van der Waals surface area contributed by atoms with Crippen LogP contribution in [0.2, 0.25) is 0 Å². The minimum atomic E-state index is -1.75. The van der Waals surface area contributed by atoms with E-state index in [0.29, 0.717) is 0 Å². The van der Waals surface area contributed by atoms with Crippen LogP contribution in [0.4, 0.5) is 0 Å². The zero-order valence-corrected chi connectivity index (χ0v) is 12.3. The largest absolute Gasteiger partial charge is 0.419 e. The zero-order valence-electron chi connectivity index (χ0n) is 12.3. The lowest BCUT2D eigenvalue weighted by Crippen LogP contribution is -2.47. The van der Waals surface area contributed by atoms with Crippen LogP contribution < -0.4 is 0 Å². The van der Waals surface area contributed by atoms with Crippen molar-refractivity contribution in [3.8, 4) is 0 Å². The second-order valence-electron chi connectivity index (χ2n) is 5.11. The zero-order chi connectivity index (χ0) is 16.1. The Morgan fingerprint density at radius 1 is 1.15 bits per heavy atom. The molecule has 0 aliphatic carbocycles. The Hall–Kier alpha value is -1.66. The van der Waals surface area contributed by atoms with Gasteiger partial charge < -0.3 is 19.7 Å². The van der Waals surface area contributed by atoms with Gasteiger partial charge in [0.2, 0.25) is 0 Å². The smallest absolute Gasteiger partial charge is 0.336 e. The molecule has 0 aromatic carbocycles. The highest BCUT2D eigenvalue weighted by Crippen LogP contribution is 2.23. The lowest BCUT2D eigenvalue weighted by molar-refractivity contribution is -0.228. The van der Waals surface area contributed by atoms with Crippen molar-refractivity contribution in [3.63, 3.8) is 0 Å². The molecule has 2 N–H and O–H groups in total. The molecule has 0 aliphatic heterocycles. The molecule has 0 saturated heterocycles. The summed E-state index contributed by atoms with van der Waals surface area (Å²) < 4.78 is 9.83. The molecule has 0 fully saturated rings. The van der Waals surface area contributed by atoms with Crippen molar-refractivity contribution in [2.24, 2.45) is 0 Å². The van der Waals surface area contributed by atoms with Crippen LogP contribution in [0, 0.1) is 0 Å². The standard InChI is InChI=1S/C14H22O6/c1-8(2)11(16)19-13(20-12(17)9(3)4)14(6,18)7-10(5)15/h10,13,15,18H,1,3,7H2,2,4-6H3. The highest BCUT2D eigenvalue weighted by molar-refractivity contribution is 5.88. The van der Waals surface area contributed by atoms with Crippen molar-refractivity contribution in [2.75, 3.05) is 0 Å². The van der Waals surface area contributed by atoms with E-state index in [2.05, 4.69) is 13.2 Å². The molecule has 0 aliphatic rings. The number of esters is 2. The summed E-state index contributed by atoms with van der Waals surface area (Å²) in [6, 6.07) is 0. The maximum absolute atomic E-state index is 11.5. The SMILES string of the molecule is C=C(C)C(=O)OC(OC(=O)C(=C)C)C(C)(O)CC(C)O. The Morgan fingerprint density at radius 3 is 1.75 bits per heavy atom. The number of aliphatic hydroxyl groups excluding tert-OH is 1. The third-order valence-electron chi connectivity index (χ3n) is 2.34. The van der Waals surface area contributed by atoms with E-state index in [1.807, 2.05) is 0 Å². The van der Waals surface area contributed by atoms with Crippen LogP contribution in [-0.4, -0.2) is 40.1 Å².